The van der Waals surface area contributed by atoms with E-state index in [1.807, 2.05) is 0 Å². The summed E-state index contributed by atoms with van der Waals surface area (Å²) in [5, 5.41) is 13.5. The van der Waals surface area contributed by atoms with Crippen LogP contribution in [0.4, 0.5) is 13.2 Å². The van der Waals surface area contributed by atoms with Crippen LogP contribution in [0.5, 0.6) is 5.75 Å². The van der Waals surface area contributed by atoms with Gasteiger partial charge in [-0.1, -0.05) is 0 Å². The summed E-state index contributed by atoms with van der Waals surface area (Å²) >= 11 is 0.794. The van der Waals surface area contributed by atoms with Crippen molar-refractivity contribution in [3.8, 4) is 16.3 Å². The second kappa shape index (κ2) is 9.04. The van der Waals surface area contributed by atoms with Gasteiger partial charge < -0.3 is 9.84 Å². The molecular weight excluding hydrogens is 507 g/mol. The number of aromatic nitrogens is 3. The molecule has 13 heteroatoms. The minimum absolute atomic E-state index is 0.00409. The molecule has 186 valence electrons. The molecule has 0 aliphatic rings. The zero-order valence-corrected chi connectivity index (χ0v) is 20.2. The highest BCUT2D eigenvalue weighted by molar-refractivity contribution is 7.92. The van der Waals surface area contributed by atoms with Gasteiger partial charge in [0.05, 0.1) is 17.0 Å². The van der Waals surface area contributed by atoms with E-state index in [9.17, 15) is 26.4 Å². The van der Waals surface area contributed by atoms with E-state index in [4.69, 9.17) is 9.84 Å². The molecular formula is C22H20F3N3O5S2. The Bertz CT molecular complexity index is 1520. The van der Waals surface area contributed by atoms with Crippen LogP contribution >= 0.6 is 11.3 Å². The van der Waals surface area contributed by atoms with E-state index in [1.54, 1.807) is 25.1 Å². The van der Waals surface area contributed by atoms with E-state index in [2.05, 4.69) is 5.10 Å². The lowest BCUT2D eigenvalue weighted by atomic mass is 10.1. The zero-order chi connectivity index (χ0) is 25.5. The Hall–Kier alpha value is -3.32. The van der Waals surface area contributed by atoms with Gasteiger partial charge >= 0.3 is 12.1 Å². The van der Waals surface area contributed by atoms with E-state index in [1.165, 1.54) is 18.3 Å². The van der Waals surface area contributed by atoms with E-state index >= 15 is 0 Å². The summed E-state index contributed by atoms with van der Waals surface area (Å²) in [5.41, 5.74) is -0.105. The number of carboxylic acid groups (broad SMARTS) is 1. The van der Waals surface area contributed by atoms with Gasteiger partial charge in [-0.05, 0) is 49.2 Å². The van der Waals surface area contributed by atoms with E-state index in [-0.39, 0.29) is 27.6 Å². The minimum Gasteiger partial charge on any atom is -0.494 e. The van der Waals surface area contributed by atoms with Crippen molar-refractivity contribution in [1.82, 2.24) is 13.8 Å². The Balaban J connectivity index is 1.79. The molecule has 0 spiro atoms. The molecule has 4 aromatic rings. The van der Waals surface area contributed by atoms with Crippen LogP contribution in [0.25, 0.3) is 21.5 Å². The number of nitrogens with zero attached hydrogens (tertiary/aromatic N) is 3. The first kappa shape index (κ1) is 24.8. The summed E-state index contributed by atoms with van der Waals surface area (Å²) in [6.45, 7) is 2.15. The standard InChI is InChI=1S/C22H20F3N3O5S2/c1-3-33-14-5-6-15-13(4-8-20(29)30)12-28(17(15)10-14)35(31,32)21-9-7-18(34-21)16-11-19(22(23,24)25)27(2)26-16/h5-7,9-12H,3-4,8H2,1-2H3,(H,29,30). The summed E-state index contributed by atoms with van der Waals surface area (Å²) in [4.78, 5) is 11.3. The average Bonchev–Trinajstić information content (AvgIpc) is 3.49. The first-order chi connectivity index (χ1) is 16.4. The number of aryl methyl sites for hydroxylation is 2. The molecule has 0 amide bonds. The highest BCUT2D eigenvalue weighted by Crippen LogP contribution is 2.37. The summed E-state index contributed by atoms with van der Waals surface area (Å²) in [5.74, 6) is -0.574. The molecule has 3 heterocycles. The Morgan fingerprint density at radius 2 is 1.94 bits per heavy atom. The van der Waals surface area contributed by atoms with Gasteiger partial charge in [-0.3, -0.25) is 9.48 Å². The highest BCUT2D eigenvalue weighted by atomic mass is 32.2. The largest absolute Gasteiger partial charge is 0.494 e. The van der Waals surface area contributed by atoms with Gasteiger partial charge in [0.25, 0.3) is 10.0 Å². The molecule has 8 nitrogen and oxygen atoms in total. The van der Waals surface area contributed by atoms with Crippen molar-refractivity contribution >= 4 is 38.2 Å². The molecule has 0 bridgehead atoms. The molecule has 0 unspecified atom stereocenters. The maximum Gasteiger partial charge on any atom is 0.433 e. The smallest absolute Gasteiger partial charge is 0.433 e. The number of carboxylic acids is 1. The maximum absolute atomic E-state index is 13.6. The van der Waals surface area contributed by atoms with Crippen molar-refractivity contribution in [1.29, 1.82) is 0 Å². The zero-order valence-electron chi connectivity index (χ0n) is 18.5. The summed E-state index contributed by atoms with van der Waals surface area (Å²) in [7, 11) is -2.99. The number of hydrogen-bond acceptors (Lipinski definition) is 6. The fourth-order valence-electron chi connectivity index (χ4n) is 3.69. The number of fused-ring (bicyclic) bond motifs is 1. The van der Waals surface area contributed by atoms with Crippen LogP contribution in [0.3, 0.4) is 0 Å². The lowest BCUT2D eigenvalue weighted by molar-refractivity contribution is -0.143. The number of rotatable bonds is 8. The van der Waals surface area contributed by atoms with Crippen molar-refractivity contribution in [2.75, 3.05) is 6.61 Å². The van der Waals surface area contributed by atoms with Crippen LogP contribution in [-0.4, -0.2) is 39.9 Å². The summed E-state index contributed by atoms with van der Waals surface area (Å²) in [6.07, 6.45) is -3.29. The van der Waals surface area contributed by atoms with Gasteiger partial charge in [0.2, 0.25) is 0 Å². The third-order valence-corrected chi connectivity index (χ3v) is 8.51. The first-order valence-corrected chi connectivity index (χ1v) is 12.6. The number of halogens is 3. The Morgan fingerprint density at radius 3 is 2.57 bits per heavy atom. The normalized spacial score (nSPS) is 12.4. The van der Waals surface area contributed by atoms with E-state index in [0.717, 1.165) is 28.4 Å². The van der Waals surface area contributed by atoms with Crippen molar-refractivity contribution in [3.63, 3.8) is 0 Å². The van der Waals surface area contributed by atoms with Gasteiger partial charge in [-0.25, -0.2) is 3.97 Å². The maximum atomic E-state index is 13.6. The van der Waals surface area contributed by atoms with Gasteiger partial charge in [0.15, 0.2) is 0 Å². The molecule has 1 aromatic carbocycles. The molecule has 0 saturated heterocycles. The molecule has 0 radical (unpaired) electrons. The lowest BCUT2D eigenvalue weighted by Gasteiger charge is -2.07. The summed E-state index contributed by atoms with van der Waals surface area (Å²) < 4.78 is 73.7. The first-order valence-electron chi connectivity index (χ1n) is 10.4. The molecule has 0 aliphatic heterocycles. The Morgan fingerprint density at radius 1 is 1.20 bits per heavy atom. The average molecular weight is 528 g/mol. The number of hydrogen-bond donors (Lipinski definition) is 1. The van der Waals surface area contributed by atoms with E-state index < -0.39 is 27.9 Å². The molecule has 0 atom stereocenters. The second-order valence-electron chi connectivity index (χ2n) is 7.62. The Labute approximate surface area is 202 Å². The highest BCUT2D eigenvalue weighted by Gasteiger charge is 2.35. The van der Waals surface area contributed by atoms with Crippen molar-refractivity contribution in [3.05, 3.63) is 53.9 Å². The summed E-state index contributed by atoms with van der Waals surface area (Å²) in [6, 6.07) is 8.50. The topological polar surface area (TPSA) is 103 Å². The molecule has 0 aliphatic carbocycles. The molecule has 0 saturated carbocycles. The predicted molar refractivity (Wildman–Crippen MR) is 123 cm³/mol. The SMILES string of the molecule is CCOc1ccc2c(CCC(=O)O)cn(S(=O)(=O)c3ccc(-c4cc(C(F)(F)F)n(C)n4)s3)c2c1. The number of benzene rings is 1. The Kier molecular flexibility index (Phi) is 6.40. The third kappa shape index (κ3) is 4.78. The van der Waals surface area contributed by atoms with Crippen molar-refractivity contribution in [2.24, 2.45) is 7.05 Å². The number of aliphatic carboxylic acids is 1. The monoisotopic (exact) mass is 527 g/mol. The second-order valence-corrected chi connectivity index (χ2v) is 10.7. The lowest BCUT2D eigenvalue weighted by Crippen LogP contribution is -2.11. The van der Waals surface area contributed by atoms with Crippen LogP contribution in [0.15, 0.2) is 46.8 Å². The molecule has 0 fully saturated rings. The minimum atomic E-state index is -4.60. The van der Waals surface area contributed by atoms with Crippen molar-refractivity contribution in [2.45, 2.75) is 30.2 Å². The van der Waals surface area contributed by atoms with Crippen LogP contribution in [0.1, 0.15) is 24.6 Å². The van der Waals surface area contributed by atoms with Crippen LogP contribution in [0.2, 0.25) is 0 Å². The fourth-order valence-corrected chi connectivity index (χ4v) is 6.42. The number of thiophene rings is 1. The molecule has 1 N–H and O–H groups in total. The third-order valence-electron chi connectivity index (χ3n) is 5.26. The number of carbonyl (C=O) groups is 1. The quantitative estimate of drug-likeness (QED) is 0.354. The molecule has 35 heavy (non-hydrogen) atoms. The van der Waals surface area contributed by atoms with Gasteiger partial charge in [0, 0.05) is 31.1 Å². The predicted octanol–water partition coefficient (Wildman–Crippen LogP) is 4.78. The van der Waals surface area contributed by atoms with Gasteiger partial charge in [-0.15, -0.1) is 11.3 Å². The van der Waals surface area contributed by atoms with Gasteiger partial charge in [-0.2, -0.15) is 26.7 Å². The fraction of sp³-hybridized carbons (Fsp3) is 0.273. The van der Waals surface area contributed by atoms with Gasteiger partial charge in [0.1, 0.15) is 21.3 Å². The van der Waals surface area contributed by atoms with E-state index in [0.29, 0.717) is 33.5 Å². The van der Waals surface area contributed by atoms with Crippen molar-refractivity contribution < 1.29 is 36.2 Å². The molecule has 3 aromatic heterocycles. The van der Waals surface area contributed by atoms with Crippen LogP contribution in [-0.2, 0) is 34.5 Å². The van der Waals surface area contributed by atoms with Crippen LogP contribution in [0, 0.1) is 0 Å². The number of alkyl halides is 3. The van der Waals surface area contributed by atoms with Crippen LogP contribution < -0.4 is 4.74 Å². The molecule has 4 rings (SSSR count). The number of ether oxygens (including phenoxy) is 1.